The number of ether oxygens (including phenoxy) is 2. The fourth-order valence-corrected chi connectivity index (χ4v) is 2.30. The van der Waals surface area contributed by atoms with Crippen molar-refractivity contribution < 1.29 is 14.3 Å². The quantitative estimate of drug-likeness (QED) is 0.811. The summed E-state index contributed by atoms with van der Waals surface area (Å²) in [7, 11) is 1.40. The standard InChI is InChI=1S/C14H20N2O3/c1-14(13(17)18-2,11-5-7-15-8-6-11)16-10-12-4-3-9-19-12/h5-8,12,16H,3-4,9-10H2,1-2H3. The molecule has 1 fully saturated rings. The number of nitrogens with zero attached hydrogens (tertiary/aromatic N) is 1. The molecule has 0 spiro atoms. The average Bonchev–Trinajstić information content (AvgIpc) is 2.98. The third-order valence-electron chi connectivity index (χ3n) is 3.56. The van der Waals surface area contributed by atoms with Crippen molar-refractivity contribution >= 4 is 5.97 Å². The molecule has 0 aromatic carbocycles. The van der Waals surface area contributed by atoms with Gasteiger partial charge in [0.15, 0.2) is 0 Å². The summed E-state index contributed by atoms with van der Waals surface area (Å²) in [5.74, 6) is -0.309. The number of esters is 1. The largest absolute Gasteiger partial charge is 0.467 e. The zero-order valence-electron chi connectivity index (χ0n) is 11.4. The molecule has 2 heterocycles. The first-order valence-corrected chi connectivity index (χ1v) is 6.52. The Labute approximate surface area is 113 Å². The lowest BCUT2D eigenvalue weighted by molar-refractivity contribution is -0.148. The van der Waals surface area contributed by atoms with Gasteiger partial charge in [-0.1, -0.05) is 0 Å². The minimum Gasteiger partial charge on any atom is -0.467 e. The van der Waals surface area contributed by atoms with E-state index in [4.69, 9.17) is 9.47 Å². The molecule has 5 nitrogen and oxygen atoms in total. The third-order valence-corrected chi connectivity index (χ3v) is 3.56. The lowest BCUT2D eigenvalue weighted by Crippen LogP contribution is -2.49. The van der Waals surface area contributed by atoms with Crippen LogP contribution in [0.2, 0.25) is 0 Å². The van der Waals surface area contributed by atoms with Crippen molar-refractivity contribution in [3.05, 3.63) is 30.1 Å². The summed E-state index contributed by atoms with van der Waals surface area (Å²) in [6, 6.07) is 3.64. The van der Waals surface area contributed by atoms with Crippen molar-refractivity contribution in [3.63, 3.8) is 0 Å². The minimum absolute atomic E-state index is 0.172. The van der Waals surface area contributed by atoms with E-state index in [0.717, 1.165) is 25.0 Å². The maximum absolute atomic E-state index is 12.1. The van der Waals surface area contributed by atoms with E-state index in [0.29, 0.717) is 6.54 Å². The number of carbonyl (C=O) groups is 1. The Hall–Kier alpha value is -1.46. The highest BCUT2D eigenvalue weighted by Crippen LogP contribution is 2.22. The molecule has 0 amide bonds. The Morgan fingerprint density at radius 1 is 1.58 bits per heavy atom. The molecule has 1 aliphatic heterocycles. The molecule has 0 bridgehead atoms. The number of pyridine rings is 1. The first kappa shape index (κ1) is 14.0. The molecular weight excluding hydrogens is 244 g/mol. The van der Waals surface area contributed by atoms with Crippen molar-refractivity contribution in [1.29, 1.82) is 0 Å². The van der Waals surface area contributed by atoms with Gasteiger partial charge in [-0.15, -0.1) is 0 Å². The summed E-state index contributed by atoms with van der Waals surface area (Å²) in [5.41, 5.74) is -0.0313. The van der Waals surface area contributed by atoms with Crippen LogP contribution in [0.1, 0.15) is 25.3 Å². The molecule has 0 radical (unpaired) electrons. The van der Waals surface area contributed by atoms with Gasteiger partial charge in [-0.25, -0.2) is 4.79 Å². The summed E-state index contributed by atoms with van der Waals surface area (Å²) >= 11 is 0. The van der Waals surface area contributed by atoms with Crippen LogP contribution in [-0.4, -0.2) is 37.3 Å². The number of hydrogen-bond acceptors (Lipinski definition) is 5. The van der Waals surface area contributed by atoms with E-state index in [9.17, 15) is 4.79 Å². The molecule has 1 aliphatic rings. The zero-order chi connectivity index (χ0) is 13.7. The molecule has 2 rings (SSSR count). The Morgan fingerprint density at radius 3 is 2.89 bits per heavy atom. The zero-order valence-corrected chi connectivity index (χ0v) is 11.4. The fraction of sp³-hybridized carbons (Fsp3) is 0.571. The van der Waals surface area contributed by atoms with E-state index in [2.05, 4.69) is 10.3 Å². The van der Waals surface area contributed by atoms with Gasteiger partial charge in [0.05, 0.1) is 13.2 Å². The molecule has 0 saturated carbocycles. The summed E-state index contributed by atoms with van der Waals surface area (Å²) in [4.78, 5) is 16.1. The molecule has 5 heteroatoms. The van der Waals surface area contributed by atoms with Crippen LogP contribution in [0.3, 0.4) is 0 Å². The molecule has 2 unspecified atom stereocenters. The number of methoxy groups -OCH3 is 1. The SMILES string of the molecule is COC(=O)C(C)(NCC1CCCO1)c1ccncc1. The van der Waals surface area contributed by atoms with Crippen molar-refractivity contribution in [2.45, 2.75) is 31.4 Å². The average molecular weight is 264 g/mol. The van der Waals surface area contributed by atoms with Gasteiger partial charge < -0.3 is 9.47 Å². The van der Waals surface area contributed by atoms with E-state index in [1.165, 1.54) is 7.11 Å². The molecule has 0 aliphatic carbocycles. The van der Waals surface area contributed by atoms with Gasteiger partial charge in [-0.05, 0) is 37.5 Å². The Morgan fingerprint density at radius 2 is 2.32 bits per heavy atom. The summed E-state index contributed by atoms with van der Waals surface area (Å²) < 4.78 is 10.5. The second-order valence-electron chi connectivity index (χ2n) is 4.87. The third kappa shape index (κ3) is 3.11. The Bertz CT molecular complexity index is 418. The fourth-order valence-electron chi connectivity index (χ4n) is 2.30. The highest BCUT2D eigenvalue weighted by Gasteiger charge is 2.36. The maximum atomic E-state index is 12.1. The van der Waals surface area contributed by atoms with E-state index in [1.54, 1.807) is 12.4 Å². The van der Waals surface area contributed by atoms with E-state index < -0.39 is 5.54 Å². The summed E-state index contributed by atoms with van der Waals surface area (Å²) in [5, 5.41) is 3.28. The second kappa shape index (κ2) is 6.12. The predicted octanol–water partition coefficient (Wildman–Crippen LogP) is 1.24. The number of aromatic nitrogens is 1. The van der Waals surface area contributed by atoms with Gasteiger partial charge in [-0.2, -0.15) is 0 Å². The molecule has 19 heavy (non-hydrogen) atoms. The molecule has 1 N–H and O–H groups in total. The van der Waals surface area contributed by atoms with Gasteiger partial charge in [0.1, 0.15) is 5.54 Å². The van der Waals surface area contributed by atoms with E-state index >= 15 is 0 Å². The van der Waals surface area contributed by atoms with Crippen LogP contribution >= 0.6 is 0 Å². The lowest BCUT2D eigenvalue weighted by atomic mass is 9.92. The van der Waals surface area contributed by atoms with Crippen molar-refractivity contribution in [2.75, 3.05) is 20.3 Å². The molecular formula is C14H20N2O3. The van der Waals surface area contributed by atoms with Crippen molar-refractivity contribution in [1.82, 2.24) is 10.3 Å². The highest BCUT2D eigenvalue weighted by atomic mass is 16.5. The smallest absolute Gasteiger partial charge is 0.330 e. The van der Waals surface area contributed by atoms with Crippen LogP contribution in [0.5, 0.6) is 0 Å². The Kier molecular flexibility index (Phi) is 4.50. The van der Waals surface area contributed by atoms with Crippen LogP contribution in [0.25, 0.3) is 0 Å². The number of nitrogens with one attached hydrogen (secondary N) is 1. The maximum Gasteiger partial charge on any atom is 0.330 e. The van der Waals surface area contributed by atoms with Gasteiger partial charge in [0.2, 0.25) is 0 Å². The molecule has 1 aromatic heterocycles. The topological polar surface area (TPSA) is 60.5 Å². The van der Waals surface area contributed by atoms with Gasteiger partial charge in [0.25, 0.3) is 0 Å². The van der Waals surface area contributed by atoms with E-state index in [1.807, 2.05) is 19.1 Å². The van der Waals surface area contributed by atoms with E-state index in [-0.39, 0.29) is 12.1 Å². The monoisotopic (exact) mass is 264 g/mol. The first-order valence-electron chi connectivity index (χ1n) is 6.52. The molecule has 104 valence electrons. The summed E-state index contributed by atoms with van der Waals surface area (Å²) in [6.07, 6.45) is 5.62. The number of rotatable bonds is 5. The van der Waals surface area contributed by atoms with Crippen LogP contribution in [0, 0.1) is 0 Å². The number of carbonyl (C=O) groups excluding carboxylic acids is 1. The normalized spacial score (nSPS) is 21.9. The highest BCUT2D eigenvalue weighted by molar-refractivity contribution is 5.82. The van der Waals surface area contributed by atoms with Crippen LogP contribution in [-0.2, 0) is 19.8 Å². The molecule has 2 atom stereocenters. The number of hydrogen-bond donors (Lipinski definition) is 1. The first-order chi connectivity index (χ1) is 9.16. The van der Waals surface area contributed by atoms with Gasteiger partial charge in [-0.3, -0.25) is 10.3 Å². The van der Waals surface area contributed by atoms with Crippen LogP contribution < -0.4 is 5.32 Å². The lowest BCUT2D eigenvalue weighted by Gasteiger charge is -2.29. The van der Waals surface area contributed by atoms with Gasteiger partial charge in [0, 0.05) is 25.5 Å². The second-order valence-corrected chi connectivity index (χ2v) is 4.87. The van der Waals surface area contributed by atoms with Gasteiger partial charge >= 0.3 is 5.97 Å². The van der Waals surface area contributed by atoms with Crippen LogP contribution in [0.4, 0.5) is 0 Å². The van der Waals surface area contributed by atoms with Crippen LogP contribution in [0.15, 0.2) is 24.5 Å². The Balaban J connectivity index is 2.12. The molecule has 1 aromatic rings. The van der Waals surface area contributed by atoms with Crippen molar-refractivity contribution in [2.24, 2.45) is 0 Å². The minimum atomic E-state index is -0.871. The van der Waals surface area contributed by atoms with Crippen molar-refractivity contribution in [3.8, 4) is 0 Å². The molecule has 1 saturated heterocycles. The summed E-state index contributed by atoms with van der Waals surface area (Å²) in [6.45, 7) is 3.26. The predicted molar refractivity (Wildman–Crippen MR) is 70.6 cm³/mol.